The van der Waals surface area contributed by atoms with Crippen LogP contribution in [0, 0.1) is 0 Å². The van der Waals surface area contributed by atoms with Crippen LogP contribution in [0.1, 0.15) is 129 Å². The minimum absolute atomic E-state index is 0.0542. The minimum atomic E-state index is -0.750. The van der Waals surface area contributed by atoms with E-state index in [4.69, 9.17) is 75.3 Å². The molecule has 0 bridgehead atoms. The second-order valence-electron chi connectivity index (χ2n) is 16.6. The van der Waals surface area contributed by atoms with Gasteiger partial charge in [-0.1, -0.05) is 49.8 Å². The number of carbonyl (C=O) groups is 5. The molecule has 0 saturated heterocycles. The molecule has 0 spiro atoms. The van der Waals surface area contributed by atoms with Crippen LogP contribution in [0.5, 0.6) is 0 Å². The maximum atomic E-state index is 12.0. The van der Waals surface area contributed by atoms with E-state index in [2.05, 4.69) is 36.0 Å². The fraction of sp³-hybridized carbons (Fsp3) is 0.898. The molecule has 0 rings (SSSR count). The van der Waals surface area contributed by atoms with E-state index in [0.717, 1.165) is 96.3 Å². The van der Waals surface area contributed by atoms with E-state index in [-0.39, 0.29) is 36.3 Å². The first-order chi connectivity index (χ1) is 38.6. The van der Waals surface area contributed by atoms with Gasteiger partial charge in [-0.25, -0.2) is 9.59 Å². The molecule has 2 unspecified atom stereocenters. The number of azide groups is 2. The number of amides is 2. The highest BCUT2D eigenvalue weighted by Crippen LogP contribution is 2.14. The number of unbranched alkanes of at least 4 members (excludes halogenated alkanes) is 6. The molecule has 30 heteroatoms. The van der Waals surface area contributed by atoms with Crippen molar-refractivity contribution in [3.63, 3.8) is 0 Å². The topological polar surface area (TPSA) is 380 Å². The molecule has 28 nitrogen and oxygen atoms in total. The highest BCUT2D eigenvalue weighted by Gasteiger charge is 2.13. The van der Waals surface area contributed by atoms with Crippen LogP contribution in [0.2, 0.25) is 0 Å². The van der Waals surface area contributed by atoms with Gasteiger partial charge in [0.2, 0.25) is 0 Å². The highest BCUT2D eigenvalue weighted by molar-refractivity contribution is 7.51. The SMILES string of the molecule is CCC(CCCCCCC(=O)CCOCCOCCOCCOCCN=[N+]=[N-])OC(=O)NCCC=O.CCC(CCCCCCC(=O)CCOCCOCCOCCOCCN=[N+]=[N-])OC(=O)NCCCNC.O=S=O.O=S=O. The predicted molar refractivity (Wildman–Crippen MR) is 293 cm³/mol. The molecule has 0 aromatic heterocycles. The number of ether oxygens (including phenoxy) is 10. The summed E-state index contributed by atoms with van der Waals surface area (Å²) < 4.78 is 86.8. The molecule has 0 aliphatic carbocycles. The van der Waals surface area contributed by atoms with E-state index in [9.17, 15) is 24.0 Å². The zero-order valence-corrected chi connectivity index (χ0v) is 48.7. The number of aldehydes is 1. The number of hydrogen-bond acceptors (Lipinski definition) is 22. The number of carbonyl (C=O) groups excluding carboxylic acids is 5. The summed E-state index contributed by atoms with van der Waals surface area (Å²) in [6, 6.07) is 0. The zero-order chi connectivity index (χ0) is 59.2. The summed E-state index contributed by atoms with van der Waals surface area (Å²) in [6.45, 7) is 13.4. The number of hydrogen-bond donors (Lipinski definition) is 3. The number of rotatable bonds is 55. The van der Waals surface area contributed by atoms with Gasteiger partial charge >= 0.3 is 35.3 Å². The van der Waals surface area contributed by atoms with Crippen LogP contribution in [0.25, 0.3) is 20.9 Å². The molecule has 0 aromatic carbocycles. The third kappa shape index (κ3) is 75.5. The first-order valence-corrected chi connectivity index (χ1v) is 28.4. The molecule has 0 aliphatic rings. The lowest BCUT2D eigenvalue weighted by Gasteiger charge is -2.16. The van der Waals surface area contributed by atoms with Crippen molar-refractivity contribution in [3.05, 3.63) is 20.9 Å². The van der Waals surface area contributed by atoms with Gasteiger partial charge in [-0.05, 0) is 82.4 Å². The van der Waals surface area contributed by atoms with Crippen molar-refractivity contribution in [1.29, 1.82) is 0 Å². The van der Waals surface area contributed by atoms with Gasteiger partial charge in [-0.3, -0.25) is 9.59 Å². The fourth-order valence-corrected chi connectivity index (χ4v) is 6.31. The molecular weight excluding hydrogens is 1080 g/mol. The van der Waals surface area contributed by atoms with Crippen LogP contribution < -0.4 is 16.0 Å². The standard InChI is InChI=1S/C25H49N5O7.C24H44N4O8.2O2S/c1-3-24(37-25(32)28-13-8-12-27-2)10-7-5-4-6-9-23(31)11-15-33-17-19-35-21-22-36-20-18-34-16-14-29-30-26;1-2-23(36-24(31)26-11-7-13-29)9-6-4-3-5-8-22(30)10-14-32-16-18-34-20-21-35-19-17-33-15-12-27-28-25;2*1-3-2/h24,27H,3-22H2,1-2H3,(H,28,32);13,23H,2-12,14-21H2,1H3,(H,26,31);;. The molecule has 3 N–H and O–H groups in total. The highest BCUT2D eigenvalue weighted by atomic mass is 32.1. The second kappa shape index (κ2) is 73.5. The summed E-state index contributed by atoms with van der Waals surface area (Å²) in [5, 5.41) is 15.1. The zero-order valence-electron chi connectivity index (χ0n) is 47.1. The van der Waals surface area contributed by atoms with Gasteiger partial charge in [0, 0.05) is 68.1 Å². The van der Waals surface area contributed by atoms with Crippen LogP contribution in [0.15, 0.2) is 10.2 Å². The van der Waals surface area contributed by atoms with E-state index in [0.29, 0.717) is 158 Å². The largest absolute Gasteiger partial charge is 0.446 e. The van der Waals surface area contributed by atoms with Crippen molar-refractivity contribution >= 4 is 53.2 Å². The summed E-state index contributed by atoms with van der Waals surface area (Å²) in [4.78, 5) is 62.9. The van der Waals surface area contributed by atoms with E-state index in [1.54, 1.807) is 0 Å². The third-order valence-electron chi connectivity index (χ3n) is 10.4. The molecule has 460 valence electrons. The van der Waals surface area contributed by atoms with Crippen LogP contribution in [-0.4, -0.2) is 205 Å². The number of nitrogens with zero attached hydrogens (tertiary/aromatic N) is 6. The normalized spacial score (nSPS) is 11.0. The average Bonchev–Trinajstić information content (AvgIpc) is 3.43. The van der Waals surface area contributed by atoms with Crippen molar-refractivity contribution in [2.24, 2.45) is 10.2 Å². The van der Waals surface area contributed by atoms with Gasteiger partial charge < -0.3 is 68.1 Å². The van der Waals surface area contributed by atoms with Crippen molar-refractivity contribution in [1.82, 2.24) is 16.0 Å². The maximum absolute atomic E-state index is 12.0. The van der Waals surface area contributed by atoms with E-state index in [1.807, 2.05) is 20.9 Å². The van der Waals surface area contributed by atoms with Crippen LogP contribution in [0.4, 0.5) is 9.59 Å². The van der Waals surface area contributed by atoms with Gasteiger partial charge in [0.1, 0.15) is 30.1 Å². The Hall–Kier alpha value is -4.55. The summed E-state index contributed by atoms with van der Waals surface area (Å²) in [5.74, 6) is 0.424. The lowest BCUT2D eigenvalue weighted by atomic mass is 10.0. The van der Waals surface area contributed by atoms with Crippen LogP contribution >= 0.6 is 0 Å². The van der Waals surface area contributed by atoms with Crippen molar-refractivity contribution in [2.45, 2.75) is 142 Å². The molecule has 0 saturated carbocycles. The molecule has 0 aliphatic heterocycles. The lowest BCUT2D eigenvalue weighted by molar-refractivity contribution is -0.121. The summed E-state index contributed by atoms with van der Waals surface area (Å²) >= 11 is -1.50. The summed E-state index contributed by atoms with van der Waals surface area (Å²) in [6.07, 6.45) is 13.7. The average molecular weight is 1180 g/mol. The van der Waals surface area contributed by atoms with Crippen molar-refractivity contribution in [2.75, 3.05) is 145 Å². The monoisotopic (exact) mass is 1180 g/mol. The van der Waals surface area contributed by atoms with Gasteiger partial charge in [0.15, 0.2) is 0 Å². The second-order valence-corrected chi connectivity index (χ2v) is 16.8. The Morgan fingerprint density at radius 3 is 1.13 bits per heavy atom. The van der Waals surface area contributed by atoms with Crippen molar-refractivity contribution in [3.8, 4) is 0 Å². The lowest BCUT2D eigenvalue weighted by Crippen LogP contribution is -2.30. The summed E-state index contributed by atoms with van der Waals surface area (Å²) in [5.41, 5.74) is 16.2. The minimum Gasteiger partial charge on any atom is -0.446 e. The van der Waals surface area contributed by atoms with E-state index < -0.39 is 29.2 Å². The molecule has 0 radical (unpaired) electrons. The fourth-order valence-electron chi connectivity index (χ4n) is 6.31. The Morgan fingerprint density at radius 2 is 0.797 bits per heavy atom. The van der Waals surface area contributed by atoms with E-state index in [1.165, 1.54) is 0 Å². The molecular formula is C49H93N9O19S2. The third-order valence-corrected chi connectivity index (χ3v) is 10.4. The van der Waals surface area contributed by atoms with E-state index >= 15 is 0 Å². The Morgan fingerprint density at radius 1 is 0.468 bits per heavy atom. The molecule has 0 aromatic rings. The number of alkyl carbamates (subject to hydrolysis) is 2. The Kier molecular flexibility index (Phi) is 75.2. The van der Waals surface area contributed by atoms with Crippen molar-refractivity contribution < 1.29 is 88.2 Å². The Balaban J connectivity index is -0.000000646. The quantitative estimate of drug-likeness (QED) is 0.0201. The predicted octanol–water partition coefficient (Wildman–Crippen LogP) is 6.19. The molecule has 2 amide bonds. The number of nitrogens with one attached hydrogen (secondary N) is 3. The van der Waals surface area contributed by atoms with Gasteiger partial charge in [-0.2, -0.15) is 16.8 Å². The van der Waals surface area contributed by atoms with Crippen LogP contribution in [0.3, 0.4) is 0 Å². The first-order valence-electron chi connectivity index (χ1n) is 27.1. The molecule has 0 fully saturated rings. The maximum Gasteiger partial charge on any atom is 0.407 e. The molecule has 79 heavy (non-hydrogen) atoms. The van der Waals surface area contributed by atoms with Gasteiger partial charge in [0.25, 0.3) is 0 Å². The number of ketones is 2. The smallest absolute Gasteiger partial charge is 0.407 e. The van der Waals surface area contributed by atoms with Gasteiger partial charge in [-0.15, -0.1) is 0 Å². The Labute approximate surface area is 474 Å². The number of Topliss-reactive ketones (excluding diaryl/α,β-unsaturated/α-hetero) is 2. The first kappa shape index (κ1) is 80.9. The molecule has 2 atom stereocenters. The Bertz CT molecular complexity index is 1580. The summed E-state index contributed by atoms with van der Waals surface area (Å²) in [7, 11) is 1.88. The van der Waals surface area contributed by atoms with Crippen LogP contribution in [-0.2, 0) is 84.9 Å². The molecule has 0 heterocycles. The van der Waals surface area contributed by atoms with Gasteiger partial charge in [0.05, 0.1) is 106 Å².